The van der Waals surface area contributed by atoms with Crippen LogP contribution in [0, 0.1) is 0 Å². The Morgan fingerprint density at radius 3 is 3.11 bits per heavy atom. The molecule has 0 amide bonds. The molecule has 3 heteroatoms. The molecule has 2 heterocycles. The molecule has 1 aromatic carbocycles. The van der Waals surface area contributed by atoms with Crippen molar-refractivity contribution >= 4 is 10.9 Å². The quantitative estimate of drug-likeness (QED) is 0.888. The number of aromatic nitrogens is 1. The number of benzene rings is 1. The van der Waals surface area contributed by atoms with Crippen LogP contribution in [0.4, 0.5) is 0 Å². The summed E-state index contributed by atoms with van der Waals surface area (Å²) in [7, 11) is 0. The summed E-state index contributed by atoms with van der Waals surface area (Å²) in [6.07, 6.45) is 5.02. The fourth-order valence-corrected chi connectivity index (χ4v) is 3.34. The van der Waals surface area contributed by atoms with E-state index < -0.39 is 5.60 Å². The molecule has 19 heavy (non-hydrogen) atoms. The third-order valence-corrected chi connectivity index (χ3v) is 4.19. The van der Waals surface area contributed by atoms with Gasteiger partial charge in [-0.05, 0) is 50.0 Å². The summed E-state index contributed by atoms with van der Waals surface area (Å²) in [5.41, 5.74) is 1.49. The number of hydrogen-bond acceptors (Lipinski definition) is 2. The maximum absolute atomic E-state index is 11.1. The van der Waals surface area contributed by atoms with Gasteiger partial charge in [-0.1, -0.05) is 19.1 Å². The van der Waals surface area contributed by atoms with Gasteiger partial charge in [-0.2, -0.15) is 0 Å². The Labute approximate surface area is 114 Å². The van der Waals surface area contributed by atoms with Crippen LogP contribution in [0.5, 0.6) is 0 Å². The Morgan fingerprint density at radius 2 is 2.26 bits per heavy atom. The molecule has 3 nitrogen and oxygen atoms in total. The van der Waals surface area contributed by atoms with E-state index in [0.29, 0.717) is 0 Å². The minimum Gasteiger partial charge on any atom is -0.384 e. The highest BCUT2D eigenvalue weighted by Gasteiger charge is 2.35. The Hall–Kier alpha value is -1.32. The number of aromatic amines is 1. The van der Waals surface area contributed by atoms with E-state index in [0.717, 1.165) is 55.4 Å². The third kappa shape index (κ3) is 2.28. The zero-order valence-electron chi connectivity index (χ0n) is 11.5. The first-order valence-corrected chi connectivity index (χ1v) is 7.24. The lowest BCUT2D eigenvalue weighted by Gasteiger charge is -2.39. The van der Waals surface area contributed by atoms with Crippen molar-refractivity contribution in [3.63, 3.8) is 0 Å². The molecule has 3 rings (SSSR count). The number of nitrogens with zero attached hydrogens (tertiary/aromatic N) is 1. The number of nitrogens with one attached hydrogen (secondary N) is 1. The van der Waals surface area contributed by atoms with E-state index in [2.05, 4.69) is 35.0 Å². The lowest BCUT2D eigenvalue weighted by atomic mass is 9.84. The standard InChI is InChI=1S/C16H22N2O/c1-2-10-18-11-4-8-16(19,12-18)14-5-3-6-15-13(14)7-9-17-15/h3,5-7,9,17,19H,2,4,8,10-12H2,1H3. The molecule has 1 saturated heterocycles. The molecule has 0 saturated carbocycles. The maximum atomic E-state index is 11.1. The van der Waals surface area contributed by atoms with Crippen molar-refractivity contribution in [3.05, 3.63) is 36.0 Å². The van der Waals surface area contributed by atoms with Crippen molar-refractivity contribution in [2.24, 2.45) is 0 Å². The molecule has 1 aliphatic rings. The lowest BCUT2D eigenvalue weighted by Crippen LogP contribution is -2.46. The second kappa shape index (κ2) is 4.99. The van der Waals surface area contributed by atoms with E-state index in [1.54, 1.807) is 0 Å². The molecule has 0 radical (unpaired) electrons. The predicted molar refractivity (Wildman–Crippen MR) is 78.2 cm³/mol. The van der Waals surface area contributed by atoms with Crippen molar-refractivity contribution in [2.45, 2.75) is 31.8 Å². The molecule has 2 N–H and O–H groups in total. The van der Waals surface area contributed by atoms with Gasteiger partial charge in [0.2, 0.25) is 0 Å². The molecular weight excluding hydrogens is 236 g/mol. The minimum atomic E-state index is -0.699. The van der Waals surface area contributed by atoms with Crippen molar-refractivity contribution in [3.8, 4) is 0 Å². The summed E-state index contributed by atoms with van der Waals surface area (Å²) >= 11 is 0. The minimum absolute atomic E-state index is 0.699. The topological polar surface area (TPSA) is 39.3 Å². The van der Waals surface area contributed by atoms with Gasteiger partial charge in [-0.15, -0.1) is 0 Å². The number of β-amino-alcohol motifs (C(OH)–C–C–N with tert-alkyl or cyclic N) is 1. The van der Waals surface area contributed by atoms with Crippen molar-refractivity contribution in [1.29, 1.82) is 0 Å². The highest BCUT2D eigenvalue weighted by molar-refractivity contribution is 5.83. The number of fused-ring (bicyclic) bond motifs is 1. The molecule has 102 valence electrons. The van der Waals surface area contributed by atoms with Gasteiger partial charge < -0.3 is 15.0 Å². The lowest BCUT2D eigenvalue weighted by molar-refractivity contribution is -0.0343. The van der Waals surface area contributed by atoms with Crippen molar-refractivity contribution in [1.82, 2.24) is 9.88 Å². The molecule has 1 aliphatic heterocycles. The maximum Gasteiger partial charge on any atom is 0.103 e. The van der Waals surface area contributed by atoms with Crippen LogP contribution in [-0.2, 0) is 5.60 Å². The predicted octanol–water partition coefficient (Wildman–Crippen LogP) is 2.86. The first-order chi connectivity index (χ1) is 9.23. The van der Waals surface area contributed by atoms with E-state index in [-0.39, 0.29) is 0 Å². The van der Waals surface area contributed by atoms with Gasteiger partial charge in [0.1, 0.15) is 5.60 Å². The average Bonchev–Trinajstić information content (AvgIpc) is 2.87. The smallest absolute Gasteiger partial charge is 0.103 e. The zero-order valence-corrected chi connectivity index (χ0v) is 11.5. The van der Waals surface area contributed by atoms with Gasteiger partial charge >= 0.3 is 0 Å². The summed E-state index contributed by atoms with van der Waals surface area (Å²) in [5.74, 6) is 0. The summed E-state index contributed by atoms with van der Waals surface area (Å²) in [6, 6.07) is 8.24. The number of H-pyrrole nitrogens is 1. The van der Waals surface area contributed by atoms with E-state index in [9.17, 15) is 5.11 Å². The van der Waals surface area contributed by atoms with Crippen molar-refractivity contribution < 1.29 is 5.11 Å². The van der Waals surface area contributed by atoms with E-state index in [4.69, 9.17) is 0 Å². The van der Waals surface area contributed by atoms with Crippen LogP contribution in [0.25, 0.3) is 10.9 Å². The van der Waals surface area contributed by atoms with Gasteiger partial charge in [0, 0.05) is 23.6 Å². The molecule has 1 unspecified atom stereocenters. The van der Waals surface area contributed by atoms with Crippen LogP contribution >= 0.6 is 0 Å². The first-order valence-electron chi connectivity index (χ1n) is 7.24. The number of likely N-dealkylation sites (tertiary alicyclic amines) is 1. The van der Waals surface area contributed by atoms with Gasteiger partial charge in [0.05, 0.1) is 0 Å². The molecule has 0 aliphatic carbocycles. The number of aliphatic hydroxyl groups is 1. The van der Waals surface area contributed by atoms with Gasteiger partial charge in [0.15, 0.2) is 0 Å². The highest BCUT2D eigenvalue weighted by Crippen LogP contribution is 2.35. The summed E-state index contributed by atoms with van der Waals surface area (Å²) in [6.45, 7) is 5.14. The fraction of sp³-hybridized carbons (Fsp3) is 0.500. The molecule has 1 aromatic heterocycles. The van der Waals surface area contributed by atoms with Gasteiger partial charge in [-0.3, -0.25) is 0 Å². The summed E-state index contributed by atoms with van der Waals surface area (Å²) in [4.78, 5) is 5.61. The second-order valence-corrected chi connectivity index (χ2v) is 5.66. The zero-order chi connectivity index (χ0) is 13.3. The van der Waals surface area contributed by atoms with E-state index in [1.165, 1.54) is 0 Å². The third-order valence-electron chi connectivity index (χ3n) is 4.19. The van der Waals surface area contributed by atoms with Crippen LogP contribution in [0.2, 0.25) is 0 Å². The fourth-order valence-electron chi connectivity index (χ4n) is 3.34. The van der Waals surface area contributed by atoms with Crippen LogP contribution in [0.3, 0.4) is 0 Å². The molecule has 1 fully saturated rings. The Morgan fingerprint density at radius 1 is 1.37 bits per heavy atom. The normalized spacial score (nSPS) is 24.9. The largest absolute Gasteiger partial charge is 0.384 e. The SMILES string of the molecule is CCCN1CCCC(O)(c2cccc3[nH]ccc23)C1. The van der Waals surface area contributed by atoms with Crippen LogP contribution in [0.1, 0.15) is 31.7 Å². The first kappa shape index (κ1) is 12.7. The average molecular weight is 258 g/mol. The monoisotopic (exact) mass is 258 g/mol. The molecule has 0 bridgehead atoms. The highest BCUT2D eigenvalue weighted by atomic mass is 16.3. The molecule has 2 aromatic rings. The summed E-state index contributed by atoms with van der Waals surface area (Å²) < 4.78 is 0. The van der Waals surface area contributed by atoms with Gasteiger partial charge in [-0.25, -0.2) is 0 Å². The molecule has 0 spiro atoms. The molecular formula is C16H22N2O. The van der Waals surface area contributed by atoms with Gasteiger partial charge in [0.25, 0.3) is 0 Å². The van der Waals surface area contributed by atoms with E-state index in [1.807, 2.05) is 12.3 Å². The van der Waals surface area contributed by atoms with Crippen molar-refractivity contribution in [2.75, 3.05) is 19.6 Å². The second-order valence-electron chi connectivity index (χ2n) is 5.66. The van der Waals surface area contributed by atoms with Crippen LogP contribution < -0.4 is 0 Å². The number of rotatable bonds is 3. The Bertz CT molecular complexity index is 561. The number of hydrogen-bond donors (Lipinski definition) is 2. The molecule has 1 atom stereocenters. The van der Waals surface area contributed by atoms with Crippen LogP contribution in [-0.4, -0.2) is 34.6 Å². The summed E-state index contributed by atoms with van der Waals surface area (Å²) in [5, 5.41) is 12.3. The van der Waals surface area contributed by atoms with E-state index >= 15 is 0 Å². The number of piperidine rings is 1. The Balaban J connectivity index is 1.97. The van der Waals surface area contributed by atoms with Crippen LogP contribution in [0.15, 0.2) is 30.5 Å². The Kier molecular flexibility index (Phi) is 3.33.